The van der Waals surface area contributed by atoms with Crippen LogP contribution in [0.4, 0.5) is 13.2 Å². The molecule has 0 unspecified atom stereocenters. The molecule has 0 N–H and O–H groups in total. The number of alkyl halides is 4. The molecule has 10 heavy (non-hydrogen) atoms. The van der Waals surface area contributed by atoms with Gasteiger partial charge in [-0.25, -0.2) is 0 Å². The van der Waals surface area contributed by atoms with Crippen molar-refractivity contribution in [1.82, 2.24) is 0 Å². The van der Waals surface area contributed by atoms with Crippen LogP contribution in [-0.4, -0.2) is 10.6 Å². The molecule has 1 aliphatic rings. The van der Waals surface area contributed by atoms with E-state index in [0.29, 0.717) is 12.8 Å². The smallest absolute Gasteiger partial charge is 0.170 e. The van der Waals surface area contributed by atoms with E-state index in [-0.39, 0.29) is 4.43 Å². The van der Waals surface area contributed by atoms with Gasteiger partial charge in [0.2, 0.25) is 0 Å². The lowest BCUT2D eigenvalue weighted by Gasteiger charge is -2.41. The molecule has 60 valence electrons. The van der Waals surface area contributed by atoms with E-state index in [2.05, 4.69) is 0 Å². The van der Waals surface area contributed by atoms with Crippen LogP contribution in [0.2, 0.25) is 0 Å². The molecule has 1 rings (SSSR count). The van der Waals surface area contributed by atoms with Crippen LogP contribution < -0.4 is 0 Å². The molecule has 1 saturated carbocycles. The van der Waals surface area contributed by atoms with Crippen LogP contribution in [0.15, 0.2) is 0 Å². The Kier molecular flexibility index (Phi) is 2.18. The summed E-state index contributed by atoms with van der Waals surface area (Å²) in [6, 6.07) is 0. The summed E-state index contributed by atoms with van der Waals surface area (Å²) in [5, 5.41) is 0. The number of hydrogen-bond donors (Lipinski definition) is 0. The minimum absolute atomic E-state index is 0.217. The van der Waals surface area contributed by atoms with Gasteiger partial charge in [0.05, 0.1) is 5.41 Å². The van der Waals surface area contributed by atoms with Gasteiger partial charge in [0.1, 0.15) is 0 Å². The van der Waals surface area contributed by atoms with Crippen molar-refractivity contribution in [1.29, 1.82) is 0 Å². The summed E-state index contributed by atoms with van der Waals surface area (Å²) in [5.41, 5.74) is -1.31. The maximum Gasteiger partial charge on any atom is 0.395 e. The SMILES string of the molecule is FC(F)(F)C1(CI)CCC1. The van der Waals surface area contributed by atoms with Crippen molar-refractivity contribution in [2.75, 3.05) is 4.43 Å². The fraction of sp³-hybridized carbons (Fsp3) is 1.00. The van der Waals surface area contributed by atoms with Crippen LogP contribution in [0.3, 0.4) is 0 Å². The zero-order chi connectivity index (χ0) is 7.83. The van der Waals surface area contributed by atoms with E-state index in [0.717, 1.165) is 6.42 Å². The lowest BCUT2D eigenvalue weighted by Crippen LogP contribution is -2.45. The maximum atomic E-state index is 12.2. The third-order valence-electron chi connectivity index (χ3n) is 2.17. The van der Waals surface area contributed by atoms with Crippen molar-refractivity contribution in [2.24, 2.45) is 5.41 Å². The topological polar surface area (TPSA) is 0 Å². The molecule has 4 heteroatoms. The molecule has 0 spiro atoms. The summed E-state index contributed by atoms with van der Waals surface area (Å²) in [4.78, 5) is 0. The second-order valence-electron chi connectivity index (χ2n) is 2.77. The van der Waals surface area contributed by atoms with Crippen LogP contribution in [-0.2, 0) is 0 Å². The van der Waals surface area contributed by atoms with Gasteiger partial charge in [-0.2, -0.15) is 13.2 Å². The Morgan fingerprint density at radius 1 is 1.30 bits per heavy atom. The third kappa shape index (κ3) is 1.14. The summed E-state index contributed by atoms with van der Waals surface area (Å²) >= 11 is 1.82. The molecule has 1 aliphatic carbocycles. The average Bonchev–Trinajstić information content (AvgIpc) is 1.58. The molecular formula is C6H8F3I. The summed E-state index contributed by atoms with van der Waals surface area (Å²) in [6.45, 7) is 0. The van der Waals surface area contributed by atoms with E-state index in [4.69, 9.17) is 0 Å². The molecule has 0 saturated heterocycles. The van der Waals surface area contributed by atoms with Gasteiger partial charge >= 0.3 is 6.18 Å². The Balaban J connectivity index is 2.65. The van der Waals surface area contributed by atoms with Gasteiger partial charge in [-0.1, -0.05) is 29.0 Å². The third-order valence-corrected chi connectivity index (χ3v) is 3.63. The first kappa shape index (κ1) is 8.62. The zero-order valence-electron chi connectivity index (χ0n) is 5.34. The van der Waals surface area contributed by atoms with E-state index in [1.54, 1.807) is 0 Å². The molecule has 0 nitrogen and oxygen atoms in total. The lowest BCUT2D eigenvalue weighted by molar-refractivity contribution is -0.239. The van der Waals surface area contributed by atoms with Crippen LogP contribution in [0.1, 0.15) is 19.3 Å². The van der Waals surface area contributed by atoms with Gasteiger partial charge < -0.3 is 0 Å². The van der Waals surface area contributed by atoms with Gasteiger partial charge in [-0.05, 0) is 12.8 Å². The molecular weight excluding hydrogens is 256 g/mol. The predicted molar refractivity (Wildman–Crippen MR) is 41.2 cm³/mol. The average molecular weight is 264 g/mol. The van der Waals surface area contributed by atoms with Gasteiger partial charge in [0.25, 0.3) is 0 Å². The molecule has 0 heterocycles. The second kappa shape index (κ2) is 2.53. The van der Waals surface area contributed by atoms with E-state index < -0.39 is 11.6 Å². The van der Waals surface area contributed by atoms with Gasteiger partial charge in [-0.15, -0.1) is 0 Å². The molecule has 0 bridgehead atoms. The Morgan fingerprint density at radius 2 is 1.80 bits per heavy atom. The van der Waals surface area contributed by atoms with E-state index in [1.165, 1.54) is 0 Å². The lowest BCUT2D eigenvalue weighted by atomic mass is 9.70. The number of rotatable bonds is 1. The van der Waals surface area contributed by atoms with E-state index in [1.807, 2.05) is 22.6 Å². The van der Waals surface area contributed by atoms with Crippen molar-refractivity contribution in [3.63, 3.8) is 0 Å². The highest BCUT2D eigenvalue weighted by Gasteiger charge is 2.57. The van der Waals surface area contributed by atoms with Crippen molar-refractivity contribution >= 4 is 22.6 Å². The Hall–Kier alpha value is 0.520. The monoisotopic (exact) mass is 264 g/mol. The quantitative estimate of drug-likeness (QED) is 0.504. The van der Waals surface area contributed by atoms with E-state index >= 15 is 0 Å². The Bertz CT molecular complexity index is 120. The fourth-order valence-corrected chi connectivity index (χ4v) is 2.29. The van der Waals surface area contributed by atoms with Crippen LogP contribution >= 0.6 is 22.6 Å². The van der Waals surface area contributed by atoms with Crippen molar-refractivity contribution in [2.45, 2.75) is 25.4 Å². The molecule has 0 atom stereocenters. The molecule has 0 amide bonds. The highest BCUT2D eigenvalue weighted by atomic mass is 127. The standard InChI is InChI=1S/C6H8F3I/c7-6(8,9)5(4-10)2-1-3-5/h1-4H2. The molecule has 0 radical (unpaired) electrons. The summed E-state index contributed by atoms with van der Waals surface area (Å²) in [6.07, 6.45) is -2.56. The van der Waals surface area contributed by atoms with Crippen LogP contribution in [0.5, 0.6) is 0 Å². The second-order valence-corrected chi connectivity index (χ2v) is 3.53. The van der Waals surface area contributed by atoms with Gasteiger partial charge in [0, 0.05) is 4.43 Å². The molecule has 1 fully saturated rings. The largest absolute Gasteiger partial charge is 0.395 e. The number of hydrogen-bond acceptors (Lipinski definition) is 0. The van der Waals surface area contributed by atoms with Crippen LogP contribution in [0, 0.1) is 5.41 Å². The summed E-state index contributed by atoms with van der Waals surface area (Å²) < 4.78 is 36.7. The highest BCUT2D eigenvalue weighted by Crippen LogP contribution is 2.53. The zero-order valence-corrected chi connectivity index (χ0v) is 7.50. The highest BCUT2D eigenvalue weighted by molar-refractivity contribution is 14.1. The Labute approximate surface area is 71.3 Å². The normalized spacial score (nSPS) is 24.0. The first-order valence-electron chi connectivity index (χ1n) is 3.14. The Morgan fingerprint density at radius 3 is 1.80 bits per heavy atom. The predicted octanol–water partition coefficient (Wildman–Crippen LogP) is 3.15. The van der Waals surface area contributed by atoms with Crippen molar-refractivity contribution in [3.8, 4) is 0 Å². The summed E-state index contributed by atoms with van der Waals surface area (Å²) in [5.74, 6) is 0. The van der Waals surface area contributed by atoms with Crippen molar-refractivity contribution in [3.05, 3.63) is 0 Å². The number of halogens is 4. The first-order valence-corrected chi connectivity index (χ1v) is 4.67. The van der Waals surface area contributed by atoms with E-state index in [9.17, 15) is 13.2 Å². The summed E-state index contributed by atoms with van der Waals surface area (Å²) in [7, 11) is 0. The molecule has 0 aromatic heterocycles. The minimum atomic E-state index is -3.97. The van der Waals surface area contributed by atoms with Crippen molar-refractivity contribution < 1.29 is 13.2 Å². The first-order chi connectivity index (χ1) is 4.52. The molecule has 0 aromatic carbocycles. The minimum Gasteiger partial charge on any atom is -0.170 e. The van der Waals surface area contributed by atoms with Crippen LogP contribution in [0.25, 0.3) is 0 Å². The maximum absolute atomic E-state index is 12.2. The van der Waals surface area contributed by atoms with Gasteiger partial charge in [-0.3, -0.25) is 0 Å². The van der Waals surface area contributed by atoms with Gasteiger partial charge in [0.15, 0.2) is 0 Å². The molecule has 0 aliphatic heterocycles. The fourth-order valence-electron chi connectivity index (χ4n) is 1.10. The molecule has 0 aromatic rings.